The lowest BCUT2D eigenvalue weighted by molar-refractivity contribution is 0.309. The molecule has 0 radical (unpaired) electrons. The minimum Gasteiger partial charge on any atom is -0.494 e. The van der Waals surface area contributed by atoms with Gasteiger partial charge in [-0.15, -0.1) is 0 Å². The predicted molar refractivity (Wildman–Crippen MR) is 70.0 cm³/mol. The lowest BCUT2D eigenvalue weighted by atomic mass is 9.81. The number of benzene rings is 1. The third-order valence-electron chi connectivity index (χ3n) is 2.94. The summed E-state index contributed by atoms with van der Waals surface area (Å²) in [6.45, 7) is 4.61. The van der Waals surface area contributed by atoms with Crippen LogP contribution in [0.4, 0.5) is 0 Å². The van der Waals surface area contributed by atoms with Crippen molar-refractivity contribution in [1.29, 1.82) is 10.5 Å². The molecule has 0 heterocycles. The third kappa shape index (κ3) is 3.50. The summed E-state index contributed by atoms with van der Waals surface area (Å²) < 4.78 is 5.56. The molecule has 0 aliphatic heterocycles. The molecular formula is C15H18N2O. The Labute approximate surface area is 109 Å². The molecule has 0 spiro atoms. The highest BCUT2D eigenvalue weighted by atomic mass is 16.5. The molecule has 0 N–H and O–H groups in total. The Kier molecular flexibility index (Phi) is 5.21. The van der Waals surface area contributed by atoms with Crippen LogP contribution in [0.15, 0.2) is 24.3 Å². The fraction of sp³-hybridized carbons (Fsp3) is 0.467. The molecule has 0 amide bonds. The second-order valence-electron chi connectivity index (χ2n) is 4.51. The van der Waals surface area contributed by atoms with Gasteiger partial charge in [0, 0.05) is 0 Å². The molecule has 0 saturated carbocycles. The van der Waals surface area contributed by atoms with Crippen molar-refractivity contribution in [2.75, 3.05) is 6.61 Å². The van der Waals surface area contributed by atoms with E-state index in [0.29, 0.717) is 6.61 Å². The number of hydrogen-bond donors (Lipinski definition) is 0. The van der Waals surface area contributed by atoms with Crippen LogP contribution in [-0.4, -0.2) is 6.61 Å². The van der Waals surface area contributed by atoms with Crippen LogP contribution in [0.5, 0.6) is 5.75 Å². The second-order valence-corrected chi connectivity index (χ2v) is 4.51. The first-order valence-corrected chi connectivity index (χ1v) is 6.18. The van der Waals surface area contributed by atoms with Crippen LogP contribution >= 0.6 is 0 Å². The Morgan fingerprint density at radius 2 is 1.89 bits per heavy atom. The topological polar surface area (TPSA) is 56.8 Å². The Bertz CT molecular complexity index is 453. The largest absolute Gasteiger partial charge is 0.494 e. The molecule has 1 unspecified atom stereocenters. The van der Waals surface area contributed by atoms with Gasteiger partial charge in [0.1, 0.15) is 5.75 Å². The zero-order valence-corrected chi connectivity index (χ0v) is 10.9. The average molecular weight is 242 g/mol. The van der Waals surface area contributed by atoms with E-state index >= 15 is 0 Å². The Balaban J connectivity index is 2.76. The van der Waals surface area contributed by atoms with Gasteiger partial charge in [0.15, 0.2) is 0 Å². The van der Waals surface area contributed by atoms with Crippen molar-refractivity contribution in [2.24, 2.45) is 0 Å². The SMILES string of the molecule is CCCCOc1ccc(C(C)(C#N)CC#N)cc1. The highest BCUT2D eigenvalue weighted by Gasteiger charge is 2.26. The van der Waals surface area contributed by atoms with Gasteiger partial charge in [-0.25, -0.2) is 0 Å². The first-order chi connectivity index (χ1) is 8.66. The van der Waals surface area contributed by atoms with Crippen LogP contribution in [0.25, 0.3) is 0 Å². The minimum atomic E-state index is -0.739. The van der Waals surface area contributed by atoms with Crippen molar-refractivity contribution in [3.63, 3.8) is 0 Å². The van der Waals surface area contributed by atoms with Crippen LogP contribution < -0.4 is 4.74 Å². The molecule has 0 fully saturated rings. The van der Waals surface area contributed by atoms with E-state index in [1.807, 2.05) is 24.3 Å². The van der Waals surface area contributed by atoms with E-state index in [1.54, 1.807) is 6.92 Å². The average Bonchev–Trinajstić information content (AvgIpc) is 2.40. The summed E-state index contributed by atoms with van der Waals surface area (Å²) in [6, 6.07) is 11.7. The van der Waals surface area contributed by atoms with Crippen molar-refractivity contribution in [2.45, 2.75) is 38.5 Å². The van der Waals surface area contributed by atoms with Gasteiger partial charge in [0.25, 0.3) is 0 Å². The summed E-state index contributed by atoms with van der Waals surface area (Å²) in [7, 11) is 0. The number of ether oxygens (including phenoxy) is 1. The maximum absolute atomic E-state index is 9.18. The molecule has 0 aromatic heterocycles. The van der Waals surface area contributed by atoms with E-state index in [-0.39, 0.29) is 6.42 Å². The highest BCUT2D eigenvalue weighted by molar-refractivity contribution is 5.36. The van der Waals surface area contributed by atoms with E-state index in [9.17, 15) is 5.26 Å². The molecule has 0 saturated heterocycles. The van der Waals surface area contributed by atoms with Gasteiger partial charge in [-0.2, -0.15) is 10.5 Å². The first kappa shape index (κ1) is 14.1. The van der Waals surface area contributed by atoms with Crippen LogP contribution in [0, 0.1) is 22.7 Å². The third-order valence-corrected chi connectivity index (χ3v) is 2.94. The normalized spacial score (nSPS) is 13.1. The molecule has 18 heavy (non-hydrogen) atoms. The van der Waals surface area contributed by atoms with E-state index in [0.717, 1.165) is 24.2 Å². The lowest BCUT2D eigenvalue weighted by Crippen LogP contribution is -2.18. The molecule has 3 nitrogen and oxygen atoms in total. The van der Waals surface area contributed by atoms with Gasteiger partial charge in [0.05, 0.1) is 30.6 Å². The smallest absolute Gasteiger partial charge is 0.119 e. The van der Waals surface area contributed by atoms with Crippen LogP contribution in [-0.2, 0) is 5.41 Å². The maximum atomic E-state index is 9.18. The summed E-state index contributed by atoms with van der Waals surface area (Å²) in [5.74, 6) is 0.810. The Hall–Kier alpha value is -2.00. The van der Waals surface area contributed by atoms with Gasteiger partial charge in [-0.05, 0) is 31.0 Å². The fourth-order valence-corrected chi connectivity index (χ4v) is 1.62. The number of unbranched alkanes of at least 4 members (excludes halogenated alkanes) is 1. The number of nitrogens with zero attached hydrogens (tertiary/aromatic N) is 2. The van der Waals surface area contributed by atoms with Crippen molar-refractivity contribution in [3.8, 4) is 17.9 Å². The zero-order valence-electron chi connectivity index (χ0n) is 10.9. The lowest BCUT2D eigenvalue weighted by Gasteiger charge is -2.18. The molecule has 1 aromatic rings. The van der Waals surface area contributed by atoms with E-state index in [4.69, 9.17) is 10.00 Å². The molecule has 0 aliphatic rings. The molecule has 1 rings (SSSR count). The zero-order chi connectivity index (χ0) is 13.4. The van der Waals surface area contributed by atoms with E-state index < -0.39 is 5.41 Å². The predicted octanol–water partition coefficient (Wildman–Crippen LogP) is 3.56. The Morgan fingerprint density at radius 3 is 2.39 bits per heavy atom. The van der Waals surface area contributed by atoms with Gasteiger partial charge >= 0.3 is 0 Å². The molecule has 3 heteroatoms. The van der Waals surface area contributed by atoms with Crippen molar-refractivity contribution in [1.82, 2.24) is 0 Å². The summed E-state index contributed by atoms with van der Waals surface area (Å²) in [4.78, 5) is 0. The van der Waals surface area contributed by atoms with Crippen molar-refractivity contribution in [3.05, 3.63) is 29.8 Å². The van der Waals surface area contributed by atoms with Gasteiger partial charge in [-0.1, -0.05) is 25.5 Å². The maximum Gasteiger partial charge on any atom is 0.119 e. The molecular weight excluding hydrogens is 224 g/mol. The van der Waals surface area contributed by atoms with Crippen LogP contribution in [0.2, 0.25) is 0 Å². The first-order valence-electron chi connectivity index (χ1n) is 6.18. The van der Waals surface area contributed by atoms with Crippen molar-refractivity contribution < 1.29 is 4.74 Å². The molecule has 1 atom stereocenters. The van der Waals surface area contributed by atoms with E-state index in [2.05, 4.69) is 19.1 Å². The van der Waals surface area contributed by atoms with Crippen LogP contribution in [0.3, 0.4) is 0 Å². The summed E-state index contributed by atoms with van der Waals surface area (Å²) >= 11 is 0. The molecule has 0 bridgehead atoms. The van der Waals surface area contributed by atoms with Gasteiger partial charge in [-0.3, -0.25) is 0 Å². The summed E-state index contributed by atoms with van der Waals surface area (Å²) in [5, 5.41) is 17.9. The van der Waals surface area contributed by atoms with Gasteiger partial charge in [0.2, 0.25) is 0 Å². The molecule has 94 valence electrons. The molecule has 1 aromatic carbocycles. The van der Waals surface area contributed by atoms with E-state index in [1.165, 1.54) is 0 Å². The molecule has 0 aliphatic carbocycles. The van der Waals surface area contributed by atoms with Gasteiger partial charge < -0.3 is 4.74 Å². The number of nitriles is 2. The number of hydrogen-bond acceptors (Lipinski definition) is 3. The fourth-order valence-electron chi connectivity index (χ4n) is 1.62. The summed E-state index contributed by atoms with van der Waals surface area (Å²) in [6.07, 6.45) is 2.33. The quantitative estimate of drug-likeness (QED) is 0.717. The Morgan fingerprint density at radius 1 is 1.22 bits per heavy atom. The number of rotatable bonds is 6. The minimum absolute atomic E-state index is 0.194. The summed E-state index contributed by atoms with van der Waals surface area (Å²) in [5.41, 5.74) is 0.117. The monoisotopic (exact) mass is 242 g/mol. The second kappa shape index (κ2) is 6.67. The highest BCUT2D eigenvalue weighted by Crippen LogP contribution is 2.28. The van der Waals surface area contributed by atoms with Crippen LogP contribution in [0.1, 0.15) is 38.7 Å². The standard InChI is InChI=1S/C15H18N2O/c1-3-4-11-18-14-7-5-13(6-8-14)15(2,12-17)9-10-16/h5-8H,3-4,9,11H2,1-2H3. The van der Waals surface area contributed by atoms with Crippen molar-refractivity contribution >= 4 is 0 Å².